The van der Waals surface area contributed by atoms with E-state index in [1.54, 1.807) is 16.8 Å². The Labute approximate surface area is 121 Å². The highest BCUT2D eigenvalue weighted by molar-refractivity contribution is 6.02. The third-order valence-corrected chi connectivity index (χ3v) is 2.81. The zero-order valence-electron chi connectivity index (χ0n) is 12.1. The lowest BCUT2D eigenvalue weighted by molar-refractivity contribution is 0.101. The molecule has 8 nitrogen and oxygen atoms in total. The third-order valence-electron chi connectivity index (χ3n) is 2.81. The van der Waals surface area contributed by atoms with Crippen molar-refractivity contribution < 1.29 is 14.3 Å². The first-order valence-electron chi connectivity index (χ1n) is 6.31. The molecule has 112 valence electrons. The van der Waals surface area contributed by atoms with Crippen LogP contribution in [0, 0.1) is 0 Å². The minimum atomic E-state index is -0.358. The van der Waals surface area contributed by atoms with E-state index in [4.69, 9.17) is 15.2 Å². The molecule has 0 spiro atoms. The number of nitrogens with one attached hydrogen (secondary N) is 1. The summed E-state index contributed by atoms with van der Waals surface area (Å²) in [6.07, 6.45) is 1.70. The van der Waals surface area contributed by atoms with Gasteiger partial charge in [0.15, 0.2) is 0 Å². The summed E-state index contributed by atoms with van der Waals surface area (Å²) < 4.78 is 11.8. The molecule has 0 saturated heterocycles. The van der Waals surface area contributed by atoms with Crippen LogP contribution in [0.15, 0.2) is 18.3 Å². The van der Waals surface area contributed by atoms with Gasteiger partial charge in [0.1, 0.15) is 5.69 Å². The highest BCUT2D eigenvalue weighted by Gasteiger charge is 2.15. The van der Waals surface area contributed by atoms with Crippen LogP contribution in [-0.2, 0) is 6.54 Å². The molecular formula is C13H17N5O3. The molecule has 0 aliphatic rings. The highest BCUT2D eigenvalue weighted by atomic mass is 16.5. The number of aryl methyl sites for hydroxylation is 1. The zero-order chi connectivity index (χ0) is 15.4. The van der Waals surface area contributed by atoms with E-state index in [0.717, 1.165) is 0 Å². The number of nitrogens with zero attached hydrogens (tertiary/aromatic N) is 3. The normalized spacial score (nSPS) is 10.2. The number of nitrogens with two attached hydrogens (primary N) is 1. The van der Waals surface area contributed by atoms with E-state index in [2.05, 4.69) is 15.3 Å². The van der Waals surface area contributed by atoms with Gasteiger partial charge in [-0.15, -0.1) is 0 Å². The van der Waals surface area contributed by atoms with E-state index < -0.39 is 0 Å². The van der Waals surface area contributed by atoms with Gasteiger partial charge in [0.25, 0.3) is 5.91 Å². The Hall–Kier alpha value is -2.77. The maximum atomic E-state index is 12.3. The molecule has 2 rings (SSSR count). The monoisotopic (exact) mass is 291 g/mol. The number of carbonyl (C=O) groups excluding carboxylic acids is 1. The van der Waals surface area contributed by atoms with Crippen LogP contribution in [0.25, 0.3) is 0 Å². The smallest absolute Gasteiger partial charge is 0.274 e. The Morgan fingerprint density at radius 1 is 1.29 bits per heavy atom. The Kier molecular flexibility index (Phi) is 4.27. The van der Waals surface area contributed by atoms with E-state index in [-0.39, 0.29) is 11.9 Å². The highest BCUT2D eigenvalue weighted by Crippen LogP contribution is 2.18. The fourth-order valence-electron chi connectivity index (χ4n) is 1.82. The minimum Gasteiger partial charge on any atom is -0.481 e. The number of aromatic nitrogens is 3. The number of methoxy groups -OCH3 is 2. The van der Waals surface area contributed by atoms with Gasteiger partial charge in [-0.05, 0) is 13.0 Å². The first-order chi connectivity index (χ1) is 10.1. The van der Waals surface area contributed by atoms with E-state index in [1.807, 2.05) is 6.92 Å². The van der Waals surface area contributed by atoms with Crippen LogP contribution < -0.4 is 20.5 Å². The van der Waals surface area contributed by atoms with Crippen LogP contribution in [0.3, 0.4) is 0 Å². The van der Waals surface area contributed by atoms with Crippen LogP contribution in [0.2, 0.25) is 0 Å². The molecule has 0 aliphatic carbocycles. The van der Waals surface area contributed by atoms with Crippen molar-refractivity contribution >= 4 is 17.5 Å². The predicted octanol–water partition coefficient (Wildman–Crippen LogP) is 1.15. The number of hydrogen-bond donors (Lipinski definition) is 2. The first-order valence-corrected chi connectivity index (χ1v) is 6.31. The quantitative estimate of drug-likeness (QED) is 0.856. The molecule has 0 radical (unpaired) electrons. The maximum Gasteiger partial charge on any atom is 0.274 e. The molecule has 2 heterocycles. The number of rotatable bonds is 5. The minimum absolute atomic E-state index is 0.0959. The topological polar surface area (TPSA) is 104 Å². The van der Waals surface area contributed by atoms with Gasteiger partial charge in [-0.25, -0.2) is 0 Å². The first kappa shape index (κ1) is 14.6. The molecule has 21 heavy (non-hydrogen) atoms. The number of ether oxygens (including phenoxy) is 2. The van der Waals surface area contributed by atoms with Gasteiger partial charge < -0.3 is 19.8 Å². The second-order valence-electron chi connectivity index (χ2n) is 4.18. The van der Waals surface area contributed by atoms with Gasteiger partial charge in [-0.1, -0.05) is 0 Å². The molecule has 2 aromatic heterocycles. The Morgan fingerprint density at radius 2 is 1.90 bits per heavy atom. The van der Waals surface area contributed by atoms with Gasteiger partial charge in [0.2, 0.25) is 17.7 Å². The van der Waals surface area contributed by atoms with Crippen molar-refractivity contribution in [2.45, 2.75) is 13.5 Å². The Bertz CT molecular complexity index is 631. The van der Waals surface area contributed by atoms with E-state index in [0.29, 0.717) is 29.7 Å². The van der Waals surface area contributed by atoms with Gasteiger partial charge in [-0.2, -0.15) is 9.97 Å². The molecular weight excluding hydrogens is 274 g/mol. The van der Waals surface area contributed by atoms with Crippen molar-refractivity contribution in [3.8, 4) is 11.8 Å². The zero-order valence-corrected chi connectivity index (χ0v) is 12.1. The fraction of sp³-hybridized carbons (Fsp3) is 0.308. The predicted molar refractivity (Wildman–Crippen MR) is 77.6 cm³/mol. The van der Waals surface area contributed by atoms with Gasteiger partial charge >= 0.3 is 0 Å². The molecule has 0 aliphatic heterocycles. The van der Waals surface area contributed by atoms with Crippen LogP contribution in [0.4, 0.5) is 11.6 Å². The van der Waals surface area contributed by atoms with E-state index in [9.17, 15) is 4.79 Å². The second kappa shape index (κ2) is 6.12. The SMILES string of the molecule is CCn1cc(N)cc1C(=O)Nc1nc(OC)cc(OC)n1. The molecule has 1 amide bonds. The standard InChI is InChI=1S/C13H17N5O3/c1-4-18-7-8(14)5-9(18)12(19)17-13-15-10(20-2)6-11(16-13)21-3/h5-7H,4,14H2,1-3H3,(H,15,16,17,19). The lowest BCUT2D eigenvalue weighted by Gasteiger charge is -2.08. The van der Waals surface area contributed by atoms with Crippen LogP contribution >= 0.6 is 0 Å². The van der Waals surface area contributed by atoms with Crippen molar-refractivity contribution in [2.75, 3.05) is 25.3 Å². The molecule has 0 unspecified atom stereocenters. The Morgan fingerprint density at radius 3 is 2.43 bits per heavy atom. The van der Waals surface area contributed by atoms with E-state index >= 15 is 0 Å². The molecule has 0 atom stereocenters. The molecule has 0 saturated carbocycles. The summed E-state index contributed by atoms with van der Waals surface area (Å²) in [4.78, 5) is 20.3. The van der Waals surface area contributed by atoms with Crippen molar-refractivity contribution in [2.24, 2.45) is 0 Å². The summed E-state index contributed by atoms with van der Waals surface area (Å²) in [5.74, 6) is 0.326. The number of carbonyl (C=O) groups is 1. The van der Waals surface area contributed by atoms with Crippen LogP contribution in [0.1, 0.15) is 17.4 Å². The molecule has 0 aromatic carbocycles. The van der Waals surface area contributed by atoms with Crippen LogP contribution in [-0.4, -0.2) is 34.7 Å². The summed E-state index contributed by atoms with van der Waals surface area (Å²) in [6, 6.07) is 3.11. The maximum absolute atomic E-state index is 12.3. The summed E-state index contributed by atoms with van der Waals surface area (Å²) in [7, 11) is 2.94. The number of nitrogen functional groups attached to an aromatic ring is 1. The number of hydrogen-bond acceptors (Lipinski definition) is 6. The van der Waals surface area contributed by atoms with Crippen molar-refractivity contribution in [1.29, 1.82) is 0 Å². The van der Waals surface area contributed by atoms with Crippen LogP contribution in [0.5, 0.6) is 11.8 Å². The average Bonchev–Trinajstić information content (AvgIpc) is 2.87. The molecule has 3 N–H and O–H groups in total. The molecule has 2 aromatic rings. The molecule has 8 heteroatoms. The van der Waals surface area contributed by atoms with Gasteiger partial charge in [-0.3, -0.25) is 10.1 Å². The summed E-state index contributed by atoms with van der Waals surface area (Å²) in [5, 5.41) is 2.60. The lowest BCUT2D eigenvalue weighted by Crippen LogP contribution is -2.18. The summed E-state index contributed by atoms with van der Waals surface area (Å²) in [5.41, 5.74) is 6.66. The van der Waals surface area contributed by atoms with Crippen molar-refractivity contribution in [3.05, 3.63) is 24.0 Å². The van der Waals surface area contributed by atoms with Crippen molar-refractivity contribution in [1.82, 2.24) is 14.5 Å². The largest absolute Gasteiger partial charge is 0.481 e. The average molecular weight is 291 g/mol. The molecule has 0 fully saturated rings. The lowest BCUT2D eigenvalue weighted by atomic mass is 10.4. The van der Waals surface area contributed by atoms with E-state index in [1.165, 1.54) is 20.3 Å². The van der Waals surface area contributed by atoms with Gasteiger partial charge in [0.05, 0.1) is 26.0 Å². The van der Waals surface area contributed by atoms with Crippen molar-refractivity contribution in [3.63, 3.8) is 0 Å². The number of amides is 1. The second-order valence-corrected chi connectivity index (χ2v) is 4.18. The molecule has 0 bridgehead atoms. The summed E-state index contributed by atoms with van der Waals surface area (Å²) >= 11 is 0. The fourth-order valence-corrected chi connectivity index (χ4v) is 1.82. The third kappa shape index (κ3) is 3.22. The number of anilines is 2. The van der Waals surface area contributed by atoms with Gasteiger partial charge in [0, 0.05) is 12.7 Å². The summed E-state index contributed by atoms with van der Waals surface area (Å²) in [6.45, 7) is 2.55. The Balaban J connectivity index is 2.26.